The third-order valence-corrected chi connectivity index (χ3v) is 1.63. The Hall–Kier alpha value is -1.70. The standard InChI is InChI=1S/C11H12N2/c1-9-4-7-13-11(8-9)10(2)5-6-12-3/h4-8H,2-3H2,1H3/b6-5-. The molecule has 66 valence electrons. The Morgan fingerprint density at radius 1 is 1.62 bits per heavy atom. The van der Waals surface area contributed by atoms with Crippen molar-refractivity contribution in [3.8, 4) is 0 Å². The molecular formula is C11H12N2. The lowest BCUT2D eigenvalue weighted by Crippen LogP contribution is -1.85. The average molecular weight is 172 g/mol. The van der Waals surface area contributed by atoms with E-state index in [1.54, 1.807) is 18.5 Å². The van der Waals surface area contributed by atoms with E-state index in [1.165, 1.54) is 5.56 Å². The van der Waals surface area contributed by atoms with E-state index in [0.29, 0.717) is 0 Å². The van der Waals surface area contributed by atoms with Gasteiger partial charge in [-0.1, -0.05) is 6.58 Å². The fourth-order valence-corrected chi connectivity index (χ4v) is 0.940. The molecule has 0 atom stereocenters. The van der Waals surface area contributed by atoms with Gasteiger partial charge >= 0.3 is 0 Å². The first-order valence-electron chi connectivity index (χ1n) is 3.98. The molecule has 1 aromatic rings. The Balaban J connectivity index is 2.89. The van der Waals surface area contributed by atoms with Gasteiger partial charge in [-0.25, -0.2) is 0 Å². The number of aromatic nitrogens is 1. The molecule has 2 heteroatoms. The topological polar surface area (TPSA) is 25.2 Å². The minimum Gasteiger partial charge on any atom is -0.272 e. The van der Waals surface area contributed by atoms with Crippen molar-refractivity contribution in [1.29, 1.82) is 0 Å². The predicted molar refractivity (Wildman–Crippen MR) is 56.7 cm³/mol. The van der Waals surface area contributed by atoms with Crippen LogP contribution in [0.3, 0.4) is 0 Å². The van der Waals surface area contributed by atoms with Crippen LogP contribution in [0.4, 0.5) is 0 Å². The molecule has 0 aliphatic rings. The summed E-state index contributed by atoms with van der Waals surface area (Å²) in [6.07, 6.45) is 5.16. The van der Waals surface area contributed by atoms with E-state index >= 15 is 0 Å². The number of rotatable bonds is 3. The SMILES string of the molecule is C=N/C=C\C(=C)c1cc(C)ccn1. The summed E-state index contributed by atoms with van der Waals surface area (Å²) in [5, 5.41) is 0. The van der Waals surface area contributed by atoms with Gasteiger partial charge in [-0.2, -0.15) is 0 Å². The number of aryl methyl sites for hydroxylation is 1. The molecule has 1 aromatic heterocycles. The van der Waals surface area contributed by atoms with Gasteiger partial charge in [-0.05, 0) is 43.0 Å². The highest BCUT2D eigenvalue weighted by Gasteiger charge is 1.95. The quantitative estimate of drug-likeness (QED) is 0.508. The smallest absolute Gasteiger partial charge is 0.0699 e. The minimum absolute atomic E-state index is 0.844. The summed E-state index contributed by atoms with van der Waals surface area (Å²) in [4.78, 5) is 7.78. The van der Waals surface area contributed by atoms with E-state index in [-0.39, 0.29) is 0 Å². The molecule has 0 fully saturated rings. The molecule has 0 amide bonds. The van der Waals surface area contributed by atoms with Gasteiger partial charge in [0.1, 0.15) is 0 Å². The highest BCUT2D eigenvalue weighted by atomic mass is 14.7. The number of hydrogen-bond donors (Lipinski definition) is 0. The van der Waals surface area contributed by atoms with Gasteiger partial charge in [-0.15, -0.1) is 0 Å². The molecule has 0 aliphatic carbocycles. The summed E-state index contributed by atoms with van der Waals surface area (Å²) >= 11 is 0. The molecule has 0 spiro atoms. The van der Waals surface area contributed by atoms with Crippen LogP contribution in [0.5, 0.6) is 0 Å². The fraction of sp³-hybridized carbons (Fsp3) is 0.0909. The molecular weight excluding hydrogens is 160 g/mol. The first kappa shape index (κ1) is 9.39. The van der Waals surface area contributed by atoms with Crippen molar-refractivity contribution in [2.45, 2.75) is 6.92 Å². The molecule has 0 aliphatic heterocycles. The van der Waals surface area contributed by atoms with Crippen LogP contribution in [0.1, 0.15) is 11.3 Å². The summed E-state index contributed by atoms with van der Waals surface area (Å²) in [6, 6.07) is 3.93. The number of aliphatic imine (C=N–C) groups is 1. The van der Waals surface area contributed by atoms with Gasteiger partial charge in [-0.3, -0.25) is 9.98 Å². The third kappa shape index (κ3) is 2.67. The molecule has 13 heavy (non-hydrogen) atoms. The molecule has 2 nitrogen and oxygen atoms in total. The molecule has 0 aromatic carbocycles. The second-order valence-electron chi connectivity index (χ2n) is 2.74. The van der Waals surface area contributed by atoms with E-state index in [9.17, 15) is 0 Å². The van der Waals surface area contributed by atoms with Gasteiger partial charge in [0.25, 0.3) is 0 Å². The number of allylic oxidation sites excluding steroid dienone is 2. The molecule has 0 N–H and O–H groups in total. The molecule has 1 heterocycles. The van der Waals surface area contributed by atoms with Crippen molar-refractivity contribution in [3.05, 3.63) is 48.4 Å². The monoisotopic (exact) mass is 172 g/mol. The Morgan fingerprint density at radius 3 is 3.00 bits per heavy atom. The summed E-state index contributed by atoms with van der Waals surface area (Å²) in [5.74, 6) is 0. The van der Waals surface area contributed by atoms with Gasteiger partial charge in [0.05, 0.1) is 5.69 Å². The Morgan fingerprint density at radius 2 is 2.38 bits per heavy atom. The maximum absolute atomic E-state index is 4.18. The third-order valence-electron chi connectivity index (χ3n) is 1.63. The number of hydrogen-bond acceptors (Lipinski definition) is 2. The van der Waals surface area contributed by atoms with Crippen molar-refractivity contribution in [3.63, 3.8) is 0 Å². The maximum Gasteiger partial charge on any atom is 0.0699 e. The second-order valence-corrected chi connectivity index (χ2v) is 2.74. The van der Waals surface area contributed by atoms with Gasteiger partial charge in [0, 0.05) is 12.4 Å². The first-order chi connectivity index (χ1) is 6.24. The summed E-state index contributed by atoms with van der Waals surface area (Å²) < 4.78 is 0. The average Bonchev–Trinajstić information content (AvgIpc) is 2.14. The number of nitrogens with zero attached hydrogens (tertiary/aromatic N) is 2. The fourth-order valence-electron chi connectivity index (χ4n) is 0.940. The highest BCUT2D eigenvalue weighted by molar-refractivity contribution is 5.69. The summed E-state index contributed by atoms with van der Waals surface area (Å²) in [5.41, 5.74) is 2.89. The Bertz CT molecular complexity index is 351. The van der Waals surface area contributed by atoms with E-state index < -0.39 is 0 Å². The van der Waals surface area contributed by atoms with Gasteiger partial charge < -0.3 is 0 Å². The van der Waals surface area contributed by atoms with E-state index in [4.69, 9.17) is 0 Å². The lowest BCUT2D eigenvalue weighted by Gasteiger charge is -1.99. The number of pyridine rings is 1. The second kappa shape index (κ2) is 4.36. The minimum atomic E-state index is 0.844. The predicted octanol–water partition coefficient (Wildman–Crippen LogP) is 2.62. The van der Waals surface area contributed by atoms with Crippen LogP contribution < -0.4 is 0 Å². The van der Waals surface area contributed by atoms with Crippen molar-refractivity contribution in [2.75, 3.05) is 0 Å². The largest absolute Gasteiger partial charge is 0.272 e. The lowest BCUT2D eigenvalue weighted by atomic mass is 10.1. The lowest BCUT2D eigenvalue weighted by molar-refractivity contribution is 1.25. The van der Waals surface area contributed by atoms with Crippen LogP contribution in [0.25, 0.3) is 5.57 Å². The molecule has 1 rings (SSSR count). The van der Waals surface area contributed by atoms with E-state index in [1.807, 2.05) is 19.1 Å². The van der Waals surface area contributed by atoms with Crippen molar-refractivity contribution >= 4 is 12.3 Å². The van der Waals surface area contributed by atoms with Crippen molar-refractivity contribution < 1.29 is 0 Å². The zero-order valence-corrected chi connectivity index (χ0v) is 7.70. The molecule has 0 unspecified atom stereocenters. The van der Waals surface area contributed by atoms with Crippen molar-refractivity contribution in [2.24, 2.45) is 4.99 Å². The molecule has 0 saturated carbocycles. The zero-order valence-electron chi connectivity index (χ0n) is 7.70. The summed E-state index contributed by atoms with van der Waals surface area (Å²) in [7, 11) is 0. The van der Waals surface area contributed by atoms with E-state index in [2.05, 4.69) is 23.3 Å². The van der Waals surface area contributed by atoms with E-state index in [0.717, 1.165) is 11.3 Å². The highest BCUT2D eigenvalue weighted by Crippen LogP contribution is 2.11. The van der Waals surface area contributed by atoms with Gasteiger partial charge in [0.15, 0.2) is 0 Å². The molecule has 0 radical (unpaired) electrons. The van der Waals surface area contributed by atoms with Crippen LogP contribution in [0, 0.1) is 6.92 Å². The van der Waals surface area contributed by atoms with Crippen LogP contribution in [0.15, 0.2) is 42.2 Å². The Kier molecular flexibility index (Phi) is 3.15. The van der Waals surface area contributed by atoms with Crippen LogP contribution in [0.2, 0.25) is 0 Å². The summed E-state index contributed by atoms with van der Waals surface area (Å²) in [6.45, 7) is 9.23. The molecule has 0 saturated heterocycles. The van der Waals surface area contributed by atoms with Gasteiger partial charge in [0.2, 0.25) is 0 Å². The zero-order chi connectivity index (χ0) is 9.68. The molecule has 0 bridgehead atoms. The normalized spacial score (nSPS) is 10.2. The maximum atomic E-state index is 4.18. The Labute approximate surface area is 78.4 Å². The van der Waals surface area contributed by atoms with Crippen LogP contribution in [-0.2, 0) is 0 Å². The van der Waals surface area contributed by atoms with Crippen LogP contribution >= 0.6 is 0 Å². The first-order valence-corrected chi connectivity index (χ1v) is 3.98. The van der Waals surface area contributed by atoms with Crippen LogP contribution in [-0.4, -0.2) is 11.7 Å². The van der Waals surface area contributed by atoms with Crippen molar-refractivity contribution in [1.82, 2.24) is 4.98 Å².